The Morgan fingerprint density at radius 3 is 1.15 bits per heavy atom. The number of hydrogen-bond acceptors (Lipinski definition) is 6. The van der Waals surface area contributed by atoms with Gasteiger partial charge in [-0.1, -0.05) is 205 Å². The highest BCUT2D eigenvalue weighted by Crippen LogP contribution is 2.14. The summed E-state index contributed by atoms with van der Waals surface area (Å²) in [7, 11) is 0. The number of hydrogen-bond donors (Lipinski definition) is 0. The van der Waals surface area contributed by atoms with E-state index in [0.29, 0.717) is 19.3 Å². The topological polar surface area (TPSA) is 78.9 Å². The number of unbranched alkanes of at least 4 members (excludes halogenated alkanes) is 25. The Bertz CT molecular complexity index is 938. The Labute approximate surface area is 340 Å². The van der Waals surface area contributed by atoms with Crippen molar-refractivity contribution in [2.45, 2.75) is 245 Å². The number of carbonyl (C=O) groups excluding carboxylic acids is 3. The van der Waals surface area contributed by atoms with Crippen LogP contribution in [0.1, 0.15) is 239 Å². The third-order valence-electron chi connectivity index (χ3n) is 10.1. The van der Waals surface area contributed by atoms with Crippen LogP contribution < -0.4 is 0 Å². The third kappa shape index (κ3) is 42.6. The number of ether oxygens (including phenoxy) is 3. The van der Waals surface area contributed by atoms with E-state index in [4.69, 9.17) is 14.2 Å². The van der Waals surface area contributed by atoms with Crippen LogP contribution in [-0.2, 0) is 28.6 Å². The molecule has 320 valence electrons. The van der Waals surface area contributed by atoms with Crippen LogP contribution in [0.25, 0.3) is 0 Å². The summed E-state index contributed by atoms with van der Waals surface area (Å²) in [6.07, 6.45) is 50.2. The summed E-state index contributed by atoms with van der Waals surface area (Å²) >= 11 is 0. The molecule has 0 radical (unpaired) electrons. The predicted molar refractivity (Wildman–Crippen MR) is 233 cm³/mol. The van der Waals surface area contributed by atoms with Crippen LogP contribution in [0.3, 0.4) is 0 Å². The molecule has 0 N–H and O–H groups in total. The molecule has 0 fully saturated rings. The minimum Gasteiger partial charge on any atom is -0.462 e. The maximum absolute atomic E-state index is 12.7. The summed E-state index contributed by atoms with van der Waals surface area (Å²) in [5.74, 6) is -1.03. The van der Waals surface area contributed by atoms with E-state index in [-0.39, 0.29) is 44.0 Å². The fraction of sp³-hybridized carbons (Fsp3) is 0.816. The van der Waals surface area contributed by atoms with E-state index in [1.165, 1.54) is 148 Å². The van der Waals surface area contributed by atoms with E-state index in [2.05, 4.69) is 51.2 Å². The van der Waals surface area contributed by atoms with Gasteiger partial charge < -0.3 is 14.2 Å². The number of allylic oxidation sites excluding steroid dienone is 6. The van der Waals surface area contributed by atoms with Crippen molar-refractivity contribution in [3.05, 3.63) is 36.5 Å². The molecule has 0 aliphatic carbocycles. The zero-order chi connectivity index (χ0) is 40.1. The lowest BCUT2D eigenvalue weighted by Gasteiger charge is -2.18. The predicted octanol–water partition coefficient (Wildman–Crippen LogP) is 15.0. The summed E-state index contributed by atoms with van der Waals surface area (Å²) in [5.41, 5.74) is 0. The second kappa shape index (κ2) is 44.3. The first-order chi connectivity index (χ1) is 27.0. The Hall–Kier alpha value is -2.37. The summed E-state index contributed by atoms with van der Waals surface area (Å²) < 4.78 is 16.6. The van der Waals surface area contributed by atoms with Gasteiger partial charge in [-0.15, -0.1) is 0 Å². The van der Waals surface area contributed by atoms with E-state index < -0.39 is 6.10 Å². The molecular formula is C49H88O6. The monoisotopic (exact) mass is 773 g/mol. The largest absolute Gasteiger partial charge is 0.462 e. The van der Waals surface area contributed by atoms with Crippen LogP contribution in [0.15, 0.2) is 36.5 Å². The summed E-state index contributed by atoms with van der Waals surface area (Å²) in [4.78, 5) is 37.6. The van der Waals surface area contributed by atoms with E-state index in [9.17, 15) is 14.4 Å². The van der Waals surface area contributed by atoms with Crippen LogP contribution in [0.5, 0.6) is 0 Å². The quantitative estimate of drug-likeness (QED) is 0.0266. The molecule has 6 nitrogen and oxygen atoms in total. The first kappa shape index (κ1) is 52.6. The molecular weight excluding hydrogens is 685 g/mol. The molecule has 0 aliphatic rings. The second-order valence-corrected chi connectivity index (χ2v) is 15.7. The molecule has 0 spiro atoms. The molecule has 0 aromatic heterocycles. The second-order valence-electron chi connectivity index (χ2n) is 15.7. The lowest BCUT2D eigenvalue weighted by molar-refractivity contribution is -0.166. The Morgan fingerprint density at radius 2 is 0.691 bits per heavy atom. The molecule has 0 rings (SSSR count). The van der Waals surface area contributed by atoms with Crippen LogP contribution in [0.2, 0.25) is 0 Å². The van der Waals surface area contributed by atoms with Crippen molar-refractivity contribution in [3.63, 3.8) is 0 Å². The number of esters is 3. The third-order valence-corrected chi connectivity index (χ3v) is 10.1. The zero-order valence-corrected chi connectivity index (χ0v) is 36.4. The minimum atomic E-state index is -0.809. The van der Waals surface area contributed by atoms with E-state index in [1.807, 2.05) is 6.08 Å². The molecule has 0 aromatic rings. The lowest BCUT2D eigenvalue weighted by Crippen LogP contribution is -2.30. The molecule has 0 saturated heterocycles. The van der Waals surface area contributed by atoms with Gasteiger partial charge in [0.25, 0.3) is 0 Å². The van der Waals surface area contributed by atoms with Gasteiger partial charge >= 0.3 is 17.9 Å². The van der Waals surface area contributed by atoms with Crippen LogP contribution >= 0.6 is 0 Å². The average Bonchev–Trinajstić information content (AvgIpc) is 3.18. The van der Waals surface area contributed by atoms with Gasteiger partial charge in [-0.05, 0) is 51.4 Å². The first-order valence-corrected chi connectivity index (χ1v) is 23.5. The van der Waals surface area contributed by atoms with Gasteiger partial charge in [0.15, 0.2) is 6.10 Å². The van der Waals surface area contributed by atoms with Gasteiger partial charge in [-0.3, -0.25) is 14.4 Å². The standard InChI is InChI=1S/C49H88O6/c1-4-7-10-13-16-18-20-22-24-26-28-30-33-36-39-42-48(51)54-45-46(44-53-47(50)41-38-35-32-15-12-9-6-3)55-49(52)43-40-37-34-31-29-27-25-23-21-19-17-14-11-8-5-2/h26,28,33-34,36-37,46H,4-25,27,29-32,35,38-45H2,1-3H3/b28-26-,36-33-,37-34-. The smallest absolute Gasteiger partial charge is 0.306 e. The maximum atomic E-state index is 12.7. The van der Waals surface area contributed by atoms with Crippen molar-refractivity contribution in [1.29, 1.82) is 0 Å². The van der Waals surface area contributed by atoms with Crippen molar-refractivity contribution in [3.8, 4) is 0 Å². The van der Waals surface area contributed by atoms with Gasteiger partial charge in [0.05, 0.1) is 0 Å². The highest BCUT2D eigenvalue weighted by molar-refractivity contribution is 5.71. The maximum Gasteiger partial charge on any atom is 0.306 e. The SMILES string of the molecule is CCCCCCCCCC/C=C\C/C=C\CCC(=O)OCC(COC(=O)CCCCCCCCC)OC(=O)CC/C=C\CCCCCCCCCCCCC. The average molecular weight is 773 g/mol. The Balaban J connectivity index is 4.39. The highest BCUT2D eigenvalue weighted by Gasteiger charge is 2.19. The summed E-state index contributed by atoms with van der Waals surface area (Å²) in [6, 6.07) is 0. The zero-order valence-electron chi connectivity index (χ0n) is 36.4. The highest BCUT2D eigenvalue weighted by atomic mass is 16.6. The van der Waals surface area contributed by atoms with E-state index in [0.717, 1.165) is 38.5 Å². The van der Waals surface area contributed by atoms with Crippen molar-refractivity contribution >= 4 is 17.9 Å². The molecule has 0 heterocycles. The van der Waals surface area contributed by atoms with Crippen LogP contribution in [-0.4, -0.2) is 37.2 Å². The summed E-state index contributed by atoms with van der Waals surface area (Å²) in [6.45, 7) is 6.51. The minimum absolute atomic E-state index is 0.103. The molecule has 0 amide bonds. The molecule has 55 heavy (non-hydrogen) atoms. The Kier molecular flexibility index (Phi) is 42.4. The van der Waals surface area contributed by atoms with Gasteiger partial charge in [0.2, 0.25) is 0 Å². The van der Waals surface area contributed by atoms with Crippen molar-refractivity contribution in [2.24, 2.45) is 0 Å². The van der Waals surface area contributed by atoms with Crippen LogP contribution in [0, 0.1) is 0 Å². The van der Waals surface area contributed by atoms with Crippen molar-refractivity contribution in [2.75, 3.05) is 13.2 Å². The van der Waals surface area contributed by atoms with Gasteiger partial charge in [-0.25, -0.2) is 0 Å². The van der Waals surface area contributed by atoms with Crippen molar-refractivity contribution in [1.82, 2.24) is 0 Å². The molecule has 0 bridgehead atoms. The van der Waals surface area contributed by atoms with E-state index in [1.54, 1.807) is 0 Å². The molecule has 1 unspecified atom stereocenters. The summed E-state index contributed by atoms with van der Waals surface area (Å²) in [5, 5.41) is 0. The first-order valence-electron chi connectivity index (χ1n) is 23.5. The van der Waals surface area contributed by atoms with Gasteiger partial charge in [0, 0.05) is 19.3 Å². The molecule has 6 heteroatoms. The molecule has 0 saturated carbocycles. The normalized spacial score (nSPS) is 12.3. The fourth-order valence-corrected chi connectivity index (χ4v) is 6.57. The lowest BCUT2D eigenvalue weighted by atomic mass is 10.1. The molecule has 0 aromatic carbocycles. The van der Waals surface area contributed by atoms with Gasteiger partial charge in [-0.2, -0.15) is 0 Å². The molecule has 1 atom stereocenters. The van der Waals surface area contributed by atoms with Gasteiger partial charge in [0.1, 0.15) is 13.2 Å². The van der Waals surface area contributed by atoms with Crippen molar-refractivity contribution < 1.29 is 28.6 Å². The van der Waals surface area contributed by atoms with Crippen LogP contribution in [0.4, 0.5) is 0 Å². The number of carbonyl (C=O) groups is 3. The fourth-order valence-electron chi connectivity index (χ4n) is 6.57. The Morgan fingerprint density at radius 1 is 0.364 bits per heavy atom. The van der Waals surface area contributed by atoms with E-state index >= 15 is 0 Å². The number of rotatable bonds is 42. The molecule has 0 aliphatic heterocycles.